The number of ether oxygens (including phenoxy) is 3. The van der Waals surface area contributed by atoms with Gasteiger partial charge in [0.25, 0.3) is 0 Å². The predicted molar refractivity (Wildman–Crippen MR) is 86.6 cm³/mol. The third-order valence-corrected chi connectivity index (χ3v) is 3.94. The van der Waals surface area contributed by atoms with Gasteiger partial charge < -0.3 is 19.3 Å². The van der Waals surface area contributed by atoms with E-state index in [1.807, 2.05) is 36.9 Å². The molecule has 126 valence electrons. The van der Waals surface area contributed by atoms with Gasteiger partial charge in [-0.2, -0.15) is 5.10 Å². The fourth-order valence-corrected chi connectivity index (χ4v) is 3.06. The number of aromatic nitrogens is 2. The van der Waals surface area contributed by atoms with Gasteiger partial charge in [0, 0.05) is 24.0 Å². The topological polar surface area (TPSA) is 65.7 Å². The average molecular weight is 320 g/mol. The van der Waals surface area contributed by atoms with Crippen molar-refractivity contribution in [2.24, 2.45) is 0 Å². The molecule has 1 aliphatic heterocycles. The van der Waals surface area contributed by atoms with E-state index in [2.05, 4.69) is 5.10 Å². The Labute approximate surface area is 135 Å². The number of nitrogens with zero attached hydrogens (tertiary/aromatic N) is 2. The minimum atomic E-state index is -0.455. The van der Waals surface area contributed by atoms with Gasteiger partial charge in [-0.3, -0.25) is 4.68 Å². The van der Waals surface area contributed by atoms with E-state index in [1.165, 1.54) is 0 Å². The molecular formula is C17H24N2O4. The Morgan fingerprint density at radius 2 is 2.26 bits per heavy atom. The molecule has 3 atom stereocenters. The van der Waals surface area contributed by atoms with Gasteiger partial charge in [-0.25, -0.2) is 0 Å². The van der Waals surface area contributed by atoms with Crippen LogP contribution in [0.3, 0.4) is 0 Å². The normalized spacial score (nSPS) is 20.1. The zero-order chi connectivity index (χ0) is 16.4. The summed E-state index contributed by atoms with van der Waals surface area (Å²) in [5.74, 6) is 0.869. The van der Waals surface area contributed by atoms with Crippen LogP contribution in [0.25, 0.3) is 10.9 Å². The van der Waals surface area contributed by atoms with E-state index in [-0.39, 0.29) is 12.4 Å². The zero-order valence-electron chi connectivity index (χ0n) is 13.9. The van der Waals surface area contributed by atoms with Gasteiger partial charge in [0.05, 0.1) is 30.5 Å². The van der Waals surface area contributed by atoms with E-state index in [0.29, 0.717) is 19.8 Å². The highest BCUT2D eigenvalue weighted by atomic mass is 16.7. The highest BCUT2D eigenvalue weighted by Crippen LogP contribution is 2.33. The summed E-state index contributed by atoms with van der Waals surface area (Å²) in [6, 6.07) is 3.98. The molecule has 0 fully saturated rings. The fraction of sp³-hybridized carbons (Fsp3) is 0.588. The summed E-state index contributed by atoms with van der Waals surface area (Å²) in [6.07, 6.45) is 1.81. The summed E-state index contributed by atoms with van der Waals surface area (Å²) in [6.45, 7) is 7.20. The first-order valence-corrected chi connectivity index (χ1v) is 8.13. The van der Waals surface area contributed by atoms with E-state index < -0.39 is 6.10 Å². The quantitative estimate of drug-likeness (QED) is 0.826. The first kappa shape index (κ1) is 16.2. The number of fused-ring (bicyclic) bond motifs is 3. The molecule has 23 heavy (non-hydrogen) atoms. The molecule has 0 radical (unpaired) electrons. The van der Waals surface area contributed by atoms with Crippen molar-refractivity contribution in [3.63, 3.8) is 0 Å². The Hall–Kier alpha value is -1.63. The molecule has 3 rings (SSSR count). The molecule has 1 aromatic heterocycles. The molecule has 2 heterocycles. The largest absolute Gasteiger partial charge is 0.491 e. The average Bonchev–Trinajstić information content (AvgIpc) is 2.90. The van der Waals surface area contributed by atoms with E-state index in [1.54, 1.807) is 6.92 Å². The third kappa shape index (κ3) is 3.49. The van der Waals surface area contributed by atoms with Gasteiger partial charge in [0.15, 0.2) is 6.29 Å². The maximum absolute atomic E-state index is 9.68. The summed E-state index contributed by atoms with van der Waals surface area (Å²) in [5, 5.41) is 15.1. The Bertz CT molecular complexity index is 668. The van der Waals surface area contributed by atoms with Crippen LogP contribution in [0, 0.1) is 0 Å². The van der Waals surface area contributed by atoms with E-state index in [9.17, 15) is 5.11 Å². The molecule has 2 aromatic rings. The van der Waals surface area contributed by atoms with Gasteiger partial charge in [0.1, 0.15) is 12.4 Å². The van der Waals surface area contributed by atoms with Crippen molar-refractivity contribution in [2.45, 2.75) is 52.2 Å². The maximum Gasteiger partial charge on any atom is 0.155 e. The van der Waals surface area contributed by atoms with Crippen molar-refractivity contribution >= 4 is 10.9 Å². The van der Waals surface area contributed by atoms with Crippen LogP contribution in [0.15, 0.2) is 18.3 Å². The highest BCUT2D eigenvalue weighted by molar-refractivity contribution is 5.84. The van der Waals surface area contributed by atoms with Crippen LogP contribution in [0.4, 0.5) is 0 Å². The molecular weight excluding hydrogens is 296 g/mol. The van der Waals surface area contributed by atoms with Crippen LogP contribution in [0.2, 0.25) is 0 Å². The molecule has 6 nitrogen and oxygen atoms in total. The van der Waals surface area contributed by atoms with Crippen LogP contribution in [0.5, 0.6) is 5.75 Å². The summed E-state index contributed by atoms with van der Waals surface area (Å²) >= 11 is 0. The molecule has 0 bridgehead atoms. The van der Waals surface area contributed by atoms with E-state index in [0.717, 1.165) is 28.6 Å². The predicted octanol–water partition coefficient (Wildman–Crippen LogP) is 2.12. The number of aliphatic hydroxyl groups is 1. The molecule has 0 spiro atoms. The molecule has 2 unspecified atom stereocenters. The second kappa shape index (κ2) is 6.86. The summed E-state index contributed by atoms with van der Waals surface area (Å²) in [5.41, 5.74) is 2.10. The lowest BCUT2D eigenvalue weighted by Crippen LogP contribution is -2.33. The van der Waals surface area contributed by atoms with Crippen LogP contribution in [-0.2, 0) is 22.4 Å². The smallest absolute Gasteiger partial charge is 0.155 e. The van der Waals surface area contributed by atoms with Gasteiger partial charge in [-0.05, 0) is 32.9 Å². The van der Waals surface area contributed by atoms with Crippen molar-refractivity contribution in [3.8, 4) is 5.75 Å². The number of aliphatic hydroxyl groups excluding tert-OH is 1. The van der Waals surface area contributed by atoms with Crippen molar-refractivity contribution in [1.82, 2.24) is 9.78 Å². The monoisotopic (exact) mass is 320 g/mol. The first-order chi connectivity index (χ1) is 11.1. The Morgan fingerprint density at radius 1 is 1.43 bits per heavy atom. The van der Waals surface area contributed by atoms with Gasteiger partial charge in [0.2, 0.25) is 0 Å². The summed E-state index contributed by atoms with van der Waals surface area (Å²) in [7, 11) is 0. The van der Waals surface area contributed by atoms with Crippen LogP contribution < -0.4 is 4.74 Å². The lowest BCUT2D eigenvalue weighted by atomic mass is 10.0. The first-order valence-electron chi connectivity index (χ1n) is 8.13. The lowest BCUT2D eigenvalue weighted by Gasteiger charge is -2.28. The SMILES string of the molecule is CCOC(C)OC1COc2ccc3cnn(C[C@H](C)O)c3c2C1. The van der Waals surface area contributed by atoms with Crippen molar-refractivity contribution in [3.05, 3.63) is 23.9 Å². The molecule has 1 aliphatic rings. The molecule has 0 aliphatic carbocycles. The van der Waals surface area contributed by atoms with Crippen molar-refractivity contribution in [2.75, 3.05) is 13.2 Å². The molecule has 1 N–H and O–H groups in total. The Balaban J connectivity index is 1.88. The molecule has 1 aromatic carbocycles. The highest BCUT2D eigenvalue weighted by Gasteiger charge is 2.26. The maximum atomic E-state index is 9.68. The Morgan fingerprint density at radius 3 is 3.00 bits per heavy atom. The van der Waals surface area contributed by atoms with Gasteiger partial charge >= 0.3 is 0 Å². The number of rotatable bonds is 6. The molecule has 0 saturated heterocycles. The van der Waals surface area contributed by atoms with Crippen LogP contribution in [0.1, 0.15) is 26.3 Å². The standard InChI is InChI=1S/C17H24N2O4/c1-4-21-12(3)23-14-7-15-16(22-10-14)6-5-13-8-18-19(17(13)15)9-11(2)20/h5-6,8,11-12,14,20H,4,7,9-10H2,1-3H3/t11-,12?,14?/m0/s1. The molecule has 6 heteroatoms. The molecule has 0 saturated carbocycles. The van der Waals surface area contributed by atoms with Crippen LogP contribution >= 0.6 is 0 Å². The number of hydrogen-bond donors (Lipinski definition) is 1. The van der Waals surface area contributed by atoms with Crippen LogP contribution in [-0.4, -0.2) is 46.6 Å². The summed E-state index contributed by atoms with van der Waals surface area (Å²) < 4.78 is 19.1. The number of benzene rings is 1. The minimum absolute atomic E-state index is 0.0513. The van der Waals surface area contributed by atoms with E-state index in [4.69, 9.17) is 14.2 Å². The summed E-state index contributed by atoms with van der Waals surface area (Å²) in [4.78, 5) is 0. The lowest BCUT2D eigenvalue weighted by molar-refractivity contribution is -0.165. The third-order valence-electron chi connectivity index (χ3n) is 3.94. The number of hydrogen-bond acceptors (Lipinski definition) is 5. The van der Waals surface area contributed by atoms with E-state index >= 15 is 0 Å². The fourth-order valence-electron chi connectivity index (χ4n) is 3.06. The van der Waals surface area contributed by atoms with Gasteiger partial charge in [-0.1, -0.05) is 0 Å². The zero-order valence-corrected chi connectivity index (χ0v) is 13.9. The molecule has 0 amide bonds. The van der Waals surface area contributed by atoms with Crippen molar-refractivity contribution in [1.29, 1.82) is 0 Å². The minimum Gasteiger partial charge on any atom is -0.491 e. The van der Waals surface area contributed by atoms with Gasteiger partial charge in [-0.15, -0.1) is 0 Å². The van der Waals surface area contributed by atoms with Crippen molar-refractivity contribution < 1.29 is 19.3 Å². The Kier molecular flexibility index (Phi) is 4.84. The second-order valence-corrected chi connectivity index (χ2v) is 5.95. The second-order valence-electron chi connectivity index (χ2n) is 5.95.